The minimum absolute atomic E-state index is 0.554. The van der Waals surface area contributed by atoms with E-state index >= 15 is 0 Å². The maximum Gasteiger partial charge on any atom is -0.0380 e. The molecule has 0 aromatic carbocycles. The van der Waals surface area contributed by atoms with Crippen molar-refractivity contribution in [3.8, 4) is 0 Å². The van der Waals surface area contributed by atoms with Gasteiger partial charge in [-0.25, -0.2) is 0 Å². The molecular formula is C11H22. The first-order chi connectivity index (χ1) is 5.03. The first-order valence-electron chi connectivity index (χ1n) is 5.03. The molecule has 1 rings (SSSR count). The van der Waals surface area contributed by atoms with E-state index in [2.05, 4.69) is 27.7 Å². The highest BCUT2D eigenvalue weighted by molar-refractivity contribution is 4.82. The van der Waals surface area contributed by atoms with Crippen LogP contribution < -0.4 is 0 Å². The van der Waals surface area contributed by atoms with Gasteiger partial charge in [0.1, 0.15) is 0 Å². The van der Waals surface area contributed by atoms with Crippen LogP contribution in [-0.4, -0.2) is 0 Å². The van der Waals surface area contributed by atoms with E-state index in [1.54, 1.807) is 0 Å². The van der Waals surface area contributed by atoms with E-state index in [1.165, 1.54) is 25.7 Å². The lowest BCUT2D eigenvalue weighted by Gasteiger charge is -2.40. The molecule has 0 spiro atoms. The molecule has 0 radical (unpaired) electrons. The first-order valence-corrected chi connectivity index (χ1v) is 5.03. The van der Waals surface area contributed by atoms with Crippen molar-refractivity contribution in [2.45, 2.75) is 53.4 Å². The van der Waals surface area contributed by atoms with Gasteiger partial charge in [0.25, 0.3) is 0 Å². The van der Waals surface area contributed by atoms with Crippen LogP contribution in [0.5, 0.6) is 0 Å². The molecule has 0 saturated heterocycles. The van der Waals surface area contributed by atoms with Crippen molar-refractivity contribution in [1.82, 2.24) is 0 Å². The maximum atomic E-state index is 2.36. The number of hydrogen-bond acceptors (Lipinski definition) is 0. The van der Waals surface area contributed by atoms with Crippen LogP contribution in [0.1, 0.15) is 53.4 Å². The number of rotatable bonds is 2. The van der Waals surface area contributed by atoms with Crippen molar-refractivity contribution in [3.63, 3.8) is 0 Å². The van der Waals surface area contributed by atoms with Gasteiger partial charge in [0.2, 0.25) is 0 Å². The summed E-state index contributed by atoms with van der Waals surface area (Å²) in [5, 5.41) is 0. The molecule has 66 valence electrons. The molecule has 1 saturated carbocycles. The van der Waals surface area contributed by atoms with Crippen LogP contribution in [0, 0.1) is 17.3 Å². The van der Waals surface area contributed by atoms with Crippen molar-refractivity contribution in [2.24, 2.45) is 17.3 Å². The van der Waals surface area contributed by atoms with Crippen LogP contribution >= 0.6 is 0 Å². The van der Waals surface area contributed by atoms with Gasteiger partial charge in [-0.15, -0.1) is 0 Å². The fourth-order valence-corrected chi connectivity index (χ4v) is 2.23. The topological polar surface area (TPSA) is 0 Å². The van der Waals surface area contributed by atoms with Gasteiger partial charge in [0.05, 0.1) is 0 Å². The summed E-state index contributed by atoms with van der Waals surface area (Å²) < 4.78 is 0. The largest absolute Gasteiger partial charge is 0.0651 e. The van der Waals surface area contributed by atoms with Gasteiger partial charge in [-0.2, -0.15) is 0 Å². The van der Waals surface area contributed by atoms with Gasteiger partial charge in [-0.1, -0.05) is 34.1 Å². The average Bonchev–Trinajstić information content (AvgIpc) is 1.80. The van der Waals surface area contributed by atoms with Crippen molar-refractivity contribution in [3.05, 3.63) is 0 Å². The van der Waals surface area contributed by atoms with Crippen LogP contribution in [0.2, 0.25) is 0 Å². The number of hydrogen-bond donors (Lipinski definition) is 0. The second kappa shape index (κ2) is 3.16. The van der Waals surface area contributed by atoms with Gasteiger partial charge in [0.15, 0.2) is 0 Å². The molecule has 0 aromatic rings. The van der Waals surface area contributed by atoms with Crippen molar-refractivity contribution in [1.29, 1.82) is 0 Å². The lowest BCUT2D eigenvalue weighted by molar-refractivity contribution is 0.114. The van der Waals surface area contributed by atoms with Crippen LogP contribution in [-0.2, 0) is 0 Å². The van der Waals surface area contributed by atoms with E-state index in [4.69, 9.17) is 0 Å². The molecule has 0 heterocycles. The minimum Gasteiger partial charge on any atom is -0.0651 e. The molecule has 0 nitrogen and oxygen atoms in total. The highest BCUT2D eigenvalue weighted by Crippen LogP contribution is 2.43. The smallest absolute Gasteiger partial charge is 0.0380 e. The van der Waals surface area contributed by atoms with E-state index in [1.807, 2.05) is 0 Å². The zero-order chi connectivity index (χ0) is 8.48. The molecule has 0 N–H and O–H groups in total. The fraction of sp³-hybridized carbons (Fsp3) is 1.00. The predicted octanol–water partition coefficient (Wildman–Crippen LogP) is 3.86. The zero-order valence-electron chi connectivity index (χ0n) is 8.48. The summed E-state index contributed by atoms with van der Waals surface area (Å²) in [6, 6.07) is 0. The quantitative estimate of drug-likeness (QED) is 0.566. The first kappa shape index (κ1) is 9.09. The fourth-order valence-electron chi connectivity index (χ4n) is 2.23. The lowest BCUT2D eigenvalue weighted by Crippen LogP contribution is -2.29. The van der Waals surface area contributed by atoms with Crippen LogP contribution in [0.25, 0.3) is 0 Å². The zero-order valence-corrected chi connectivity index (χ0v) is 8.48. The van der Waals surface area contributed by atoms with E-state index in [0.717, 1.165) is 11.8 Å². The summed E-state index contributed by atoms with van der Waals surface area (Å²) in [6.45, 7) is 9.41. The van der Waals surface area contributed by atoms with Gasteiger partial charge in [-0.3, -0.25) is 0 Å². The summed E-state index contributed by atoms with van der Waals surface area (Å²) in [5.74, 6) is 2.12. The summed E-state index contributed by atoms with van der Waals surface area (Å²) >= 11 is 0. The van der Waals surface area contributed by atoms with Crippen molar-refractivity contribution < 1.29 is 0 Å². The SMILES string of the molecule is CCC1CCC1CC(C)(C)C. The highest BCUT2D eigenvalue weighted by atomic mass is 14.4. The second-order valence-electron chi connectivity index (χ2n) is 5.27. The van der Waals surface area contributed by atoms with Gasteiger partial charge in [0, 0.05) is 0 Å². The Kier molecular flexibility index (Phi) is 2.61. The van der Waals surface area contributed by atoms with Crippen LogP contribution in [0.4, 0.5) is 0 Å². The Morgan fingerprint density at radius 3 is 1.91 bits per heavy atom. The molecule has 0 aliphatic heterocycles. The monoisotopic (exact) mass is 154 g/mol. The van der Waals surface area contributed by atoms with Gasteiger partial charge in [-0.05, 0) is 36.5 Å². The van der Waals surface area contributed by atoms with E-state index < -0.39 is 0 Å². The van der Waals surface area contributed by atoms with Gasteiger partial charge < -0.3 is 0 Å². The van der Waals surface area contributed by atoms with Crippen molar-refractivity contribution >= 4 is 0 Å². The molecule has 1 aliphatic carbocycles. The Balaban J connectivity index is 2.27. The molecule has 0 bridgehead atoms. The molecule has 11 heavy (non-hydrogen) atoms. The third-order valence-electron chi connectivity index (χ3n) is 2.97. The molecule has 2 atom stereocenters. The Morgan fingerprint density at radius 1 is 1.09 bits per heavy atom. The van der Waals surface area contributed by atoms with E-state index in [0.29, 0.717) is 5.41 Å². The molecule has 0 amide bonds. The molecule has 0 heteroatoms. The molecule has 1 aliphatic rings. The molecule has 2 unspecified atom stereocenters. The van der Waals surface area contributed by atoms with Crippen LogP contribution in [0.15, 0.2) is 0 Å². The maximum absolute atomic E-state index is 2.36. The molecule has 0 aromatic heterocycles. The van der Waals surface area contributed by atoms with Crippen molar-refractivity contribution in [2.75, 3.05) is 0 Å². The highest BCUT2D eigenvalue weighted by Gasteiger charge is 2.31. The summed E-state index contributed by atoms with van der Waals surface area (Å²) in [6.07, 6.45) is 5.83. The summed E-state index contributed by atoms with van der Waals surface area (Å²) in [4.78, 5) is 0. The minimum atomic E-state index is 0.554. The normalized spacial score (nSPS) is 31.6. The Morgan fingerprint density at radius 2 is 1.64 bits per heavy atom. The third kappa shape index (κ3) is 2.50. The summed E-state index contributed by atoms with van der Waals surface area (Å²) in [7, 11) is 0. The van der Waals surface area contributed by atoms with Gasteiger partial charge >= 0.3 is 0 Å². The van der Waals surface area contributed by atoms with Crippen LogP contribution in [0.3, 0.4) is 0 Å². The standard InChI is InChI=1S/C11H22/c1-5-9-6-7-10(9)8-11(2,3)4/h9-10H,5-8H2,1-4H3. The predicted molar refractivity (Wildman–Crippen MR) is 50.6 cm³/mol. The molecule has 1 fully saturated rings. The Labute approximate surface area is 71.4 Å². The average molecular weight is 154 g/mol. The molecular weight excluding hydrogens is 132 g/mol. The lowest BCUT2D eigenvalue weighted by atomic mass is 9.66. The Bertz CT molecular complexity index is 116. The Hall–Kier alpha value is 0. The third-order valence-corrected chi connectivity index (χ3v) is 2.97. The summed E-state index contributed by atoms with van der Waals surface area (Å²) in [5.41, 5.74) is 0.554. The van der Waals surface area contributed by atoms with E-state index in [-0.39, 0.29) is 0 Å². The van der Waals surface area contributed by atoms with E-state index in [9.17, 15) is 0 Å². The second-order valence-corrected chi connectivity index (χ2v) is 5.27.